The summed E-state index contributed by atoms with van der Waals surface area (Å²) in [6, 6.07) is 4.03. The second-order valence-electron chi connectivity index (χ2n) is 4.27. The van der Waals surface area contributed by atoms with Crippen LogP contribution in [0, 0.1) is 5.82 Å². The fraction of sp³-hybridized carbons (Fsp3) is 0.417. The summed E-state index contributed by atoms with van der Waals surface area (Å²) in [7, 11) is 1.77. The van der Waals surface area contributed by atoms with Crippen LogP contribution < -0.4 is 5.32 Å². The van der Waals surface area contributed by atoms with E-state index in [0.29, 0.717) is 12.1 Å². The molecule has 17 heavy (non-hydrogen) atoms. The van der Waals surface area contributed by atoms with Gasteiger partial charge in [0.2, 0.25) is 5.91 Å². The van der Waals surface area contributed by atoms with Crippen LogP contribution in [0.4, 0.5) is 4.39 Å². The van der Waals surface area contributed by atoms with E-state index in [2.05, 4.69) is 5.32 Å². The third kappa shape index (κ3) is 2.55. The lowest BCUT2D eigenvalue weighted by Crippen LogP contribution is -2.36. The Hall–Kier alpha value is -1.62. The van der Waals surface area contributed by atoms with Crippen molar-refractivity contribution < 1.29 is 14.3 Å². The van der Waals surface area contributed by atoms with E-state index >= 15 is 0 Å². The minimum absolute atomic E-state index is 0.0734. The van der Waals surface area contributed by atoms with E-state index in [0.717, 1.165) is 13.0 Å². The zero-order valence-electron chi connectivity index (χ0n) is 9.61. The molecule has 0 bridgehead atoms. The van der Waals surface area contributed by atoms with Crippen LogP contribution >= 0.6 is 0 Å². The molecule has 1 saturated heterocycles. The monoisotopic (exact) mass is 238 g/mol. The van der Waals surface area contributed by atoms with Gasteiger partial charge in [0, 0.05) is 20.1 Å². The number of benzene rings is 1. The molecule has 1 heterocycles. The highest BCUT2D eigenvalue weighted by molar-refractivity contribution is 5.83. The Morgan fingerprint density at radius 1 is 1.59 bits per heavy atom. The van der Waals surface area contributed by atoms with Crippen LogP contribution in [0.2, 0.25) is 0 Å². The van der Waals surface area contributed by atoms with Crippen LogP contribution in [0.15, 0.2) is 18.2 Å². The maximum atomic E-state index is 13.1. The number of likely N-dealkylation sites (tertiary alicyclic amines) is 1. The number of likely N-dealkylation sites (N-methyl/N-ethyl adjacent to an activating group) is 1. The first-order chi connectivity index (χ1) is 8.08. The summed E-state index contributed by atoms with van der Waals surface area (Å²) in [5, 5.41) is 12.1. The first kappa shape index (κ1) is 11.9. The van der Waals surface area contributed by atoms with Gasteiger partial charge < -0.3 is 15.3 Å². The quantitative estimate of drug-likeness (QED) is 0.821. The van der Waals surface area contributed by atoms with Crippen molar-refractivity contribution in [1.29, 1.82) is 0 Å². The highest BCUT2D eigenvalue weighted by Crippen LogP contribution is 2.16. The number of nitrogens with one attached hydrogen (secondary N) is 1. The molecule has 1 aliphatic rings. The highest BCUT2D eigenvalue weighted by Gasteiger charge is 2.28. The van der Waals surface area contributed by atoms with Gasteiger partial charge >= 0.3 is 0 Å². The van der Waals surface area contributed by atoms with E-state index in [1.807, 2.05) is 0 Å². The number of halogens is 1. The normalized spacial score (nSPS) is 20.0. The number of nitrogens with zero attached hydrogens (tertiary/aromatic N) is 1. The number of aromatic hydroxyl groups is 1. The molecular formula is C12H15FN2O2. The zero-order valence-corrected chi connectivity index (χ0v) is 9.61. The number of carbonyl (C=O) groups excluding carboxylic acids is 1. The largest absolute Gasteiger partial charge is 0.505 e. The van der Waals surface area contributed by atoms with Crippen LogP contribution in [0.5, 0.6) is 5.75 Å². The minimum Gasteiger partial charge on any atom is -0.505 e. The predicted molar refractivity (Wildman–Crippen MR) is 60.9 cm³/mol. The number of amides is 1. The molecule has 1 fully saturated rings. The van der Waals surface area contributed by atoms with Gasteiger partial charge in [0.25, 0.3) is 0 Å². The summed E-state index contributed by atoms with van der Waals surface area (Å²) in [6.07, 6.45) is 0.774. The molecule has 1 amide bonds. The average Bonchev–Trinajstić information content (AvgIpc) is 2.62. The van der Waals surface area contributed by atoms with Crippen LogP contribution in [0.25, 0.3) is 0 Å². The van der Waals surface area contributed by atoms with Crippen molar-refractivity contribution in [3.8, 4) is 5.75 Å². The molecule has 1 aliphatic heterocycles. The Labute approximate surface area is 99.0 Å². The molecule has 0 aliphatic carbocycles. The summed E-state index contributed by atoms with van der Waals surface area (Å²) in [6.45, 7) is 1.17. The SMILES string of the molecule is CN1CCC(NCc2ccc(O)c(F)c2)C1=O. The number of phenols is 1. The van der Waals surface area contributed by atoms with Crippen molar-refractivity contribution in [3.05, 3.63) is 29.6 Å². The molecule has 0 aromatic heterocycles. The average molecular weight is 238 g/mol. The first-order valence-corrected chi connectivity index (χ1v) is 5.53. The third-order valence-electron chi connectivity index (χ3n) is 2.99. The van der Waals surface area contributed by atoms with Crippen LogP contribution in [-0.2, 0) is 11.3 Å². The number of rotatable bonds is 3. The predicted octanol–water partition coefficient (Wildman–Crippen LogP) is 0.852. The highest BCUT2D eigenvalue weighted by atomic mass is 19.1. The van der Waals surface area contributed by atoms with E-state index in [1.165, 1.54) is 12.1 Å². The van der Waals surface area contributed by atoms with Crippen molar-refractivity contribution >= 4 is 5.91 Å². The Balaban J connectivity index is 1.94. The van der Waals surface area contributed by atoms with E-state index < -0.39 is 5.82 Å². The maximum absolute atomic E-state index is 13.1. The zero-order chi connectivity index (χ0) is 12.4. The number of hydrogen-bond acceptors (Lipinski definition) is 3. The standard InChI is InChI=1S/C12H15FN2O2/c1-15-5-4-10(12(15)17)14-7-8-2-3-11(16)9(13)6-8/h2-3,6,10,14,16H,4-5,7H2,1H3. The van der Waals surface area contributed by atoms with Gasteiger partial charge in [0.1, 0.15) is 0 Å². The Kier molecular flexibility index (Phi) is 3.28. The van der Waals surface area contributed by atoms with Crippen molar-refractivity contribution in [1.82, 2.24) is 10.2 Å². The lowest BCUT2D eigenvalue weighted by atomic mass is 10.2. The van der Waals surface area contributed by atoms with E-state index in [9.17, 15) is 9.18 Å². The van der Waals surface area contributed by atoms with Gasteiger partial charge in [-0.3, -0.25) is 4.79 Å². The number of carbonyl (C=O) groups is 1. The molecule has 1 aromatic carbocycles. The van der Waals surface area contributed by atoms with Gasteiger partial charge in [-0.15, -0.1) is 0 Å². The van der Waals surface area contributed by atoms with E-state index in [4.69, 9.17) is 5.11 Å². The summed E-state index contributed by atoms with van der Waals surface area (Å²) in [4.78, 5) is 13.3. The number of hydrogen-bond donors (Lipinski definition) is 2. The Bertz CT molecular complexity index is 437. The lowest BCUT2D eigenvalue weighted by molar-refractivity contribution is -0.128. The van der Waals surface area contributed by atoms with E-state index in [1.54, 1.807) is 18.0 Å². The molecule has 1 unspecified atom stereocenters. The molecule has 1 atom stereocenters. The van der Waals surface area contributed by atoms with Gasteiger partial charge in [0.05, 0.1) is 6.04 Å². The van der Waals surface area contributed by atoms with Gasteiger partial charge in [-0.1, -0.05) is 6.07 Å². The smallest absolute Gasteiger partial charge is 0.239 e. The summed E-state index contributed by atoms with van der Waals surface area (Å²) < 4.78 is 13.1. The summed E-state index contributed by atoms with van der Waals surface area (Å²) in [5.41, 5.74) is 0.711. The molecule has 0 spiro atoms. The maximum Gasteiger partial charge on any atom is 0.239 e. The first-order valence-electron chi connectivity index (χ1n) is 5.53. The molecule has 0 radical (unpaired) electrons. The molecule has 92 valence electrons. The van der Waals surface area contributed by atoms with Gasteiger partial charge in [-0.25, -0.2) is 4.39 Å². The van der Waals surface area contributed by atoms with Crippen LogP contribution in [0.1, 0.15) is 12.0 Å². The molecule has 4 nitrogen and oxygen atoms in total. The van der Waals surface area contributed by atoms with E-state index in [-0.39, 0.29) is 17.7 Å². The number of phenolic OH excluding ortho intramolecular Hbond substituents is 1. The van der Waals surface area contributed by atoms with Crippen molar-refractivity contribution in [2.45, 2.75) is 19.0 Å². The van der Waals surface area contributed by atoms with Gasteiger partial charge in [-0.05, 0) is 24.1 Å². The fourth-order valence-corrected chi connectivity index (χ4v) is 1.91. The Morgan fingerprint density at radius 3 is 2.94 bits per heavy atom. The molecule has 1 aromatic rings. The summed E-state index contributed by atoms with van der Waals surface area (Å²) >= 11 is 0. The van der Waals surface area contributed by atoms with Crippen LogP contribution in [-0.4, -0.2) is 35.5 Å². The third-order valence-corrected chi connectivity index (χ3v) is 2.99. The molecule has 5 heteroatoms. The molecular weight excluding hydrogens is 223 g/mol. The molecule has 2 rings (SSSR count). The molecule has 2 N–H and O–H groups in total. The van der Waals surface area contributed by atoms with Gasteiger partial charge in [-0.2, -0.15) is 0 Å². The van der Waals surface area contributed by atoms with Crippen molar-refractivity contribution in [2.24, 2.45) is 0 Å². The van der Waals surface area contributed by atoms with Crippen LogP contribution in [0.3, 0.4) is 0 Å². The second kappa shape index (κ2) is 4.71. The topological polar surface area (TPSA) is 52.6 Å². The summed E-state index contributed by atoms with van der Waals surface area (Å²) in [5.74, 6) is -0.922. The second-order valence-corrected chi connectivity index (χ2v) is 4.27. The molecule has 0 saturated carbocycles. The Morgan fingerprint density at radius 2 is 2.35 bits per heavy atom. The lowest BCUT2D eigenvalue weighted by Gasteiger charge is -2.12. The van der Waals surface area contributed by atoms with Crippen molar-refractivity contribution in [3.63, 3.8) is 0 Å². The van der Waals surface area contributed by atoms with Gasteiger partial charge in [0.15, 0.2) is 11.6 Å². The van der Waals surface area contributed by atoms with Crippen molar-refractivity contribution in [2.75, 3.05) is 13.6 Å². The minimum atomic E-state index is -0.640. The fourth-order valence-electron chi connectivity index (χ4n) is 1.91.